The summed E-state index contributed by atoms with van der Waals surface area (Å²) in [5, 5.41) is 4.77. The van der Waals surface area contributed by atoms with Gasteiger partial charge in [-0.05, 0) is 26.0 Å². The average Bonchev–Trinajstić information content (AvgIpc) is 2.66. The summed E-state index contributed by atoms with van der Waals surface area (Å²) in [5.41, 5.74) is 2.09. The second kappa shape index (κ2) is 6.09. The molecule has 0 aliphatic carbocycles. The first-order valence-electron chi connectivity index (χ1n) is 6.47. The van der Waals surface area contributed by atoms with Crippen molar-refractivity contribution in [2.24, 2.45) is 7.05 Å². The van der Waals surface area contributed by atoms with Crippen molar-refractivity contribution in [2.45, 2.75) is 20.3 Å². The van der Waals surface area contributed by atoms with Gasteiger partial charge in [0.05, 0.1) is 29.4 Å². The van der Waals surface area contributed by atoms with Crippen LogP contribution in [0, 0.1) is 6.92 Å². The predicted octanol–water partition coefficient (Wildman–Crippen LogP) is 3.21. The highest BCUT2D eigenvalue weighted by Gasteiger charge is 2.16. The summed E-state index contributed by atoms with van der Waals surface area (Å²) in [5.74, 6) is 0.696. The second-order valence-corrected chi connectivity index (χ2v) is 4.91. The van der Waals surface area contributed by atoms with Crippen LogP contribution in [-0.4, -0.2) is 22.2 Å². The Bertz CT molecular complexity index is 635. The summed E-state index contributed by atoms with van der Waals surface area (Å²) in [6.07, 6.45) is 0.228. The zero-order chi connectivity index (χ0) is 14.7. The fraction of sp³-hybridized carbons (Fsp3) is 0.333. The molecule has 0 spiro atoms. The van der Waals surface area contributed by atoms with Gasteiger partial charge in [-0.15, -0.1) is 0 Å². The Kier molecular flexibility index (Phi) is 4.45. The highest BCUT2D eigenvalue weighted by Crippen LogP contribution is 2.22. The molecule has 20 heavy (non-hydrogen) atoms. The molecule has 4 nitrogen and oxygen atoms in total. The van der Waals surface area contributed by atoms with E-state index >= 15 is 0 Å². The van der Waals surface area contributed by atoms with Gasteiger partial charge in [0.2, 0.25) is 0 Å². The van der Waals surface area contributed by atoms with Crippen molar-refractivity contribution in [2.75, 3.05) is 6.61 Å². The van der Waals surface area contributed by atoms with Crippen molar-refractivity contribution in [1.82, 2.24) is 9.78 Å². The summed E-state index contributed by atoms with van der Waals surface area (Å²) in [6.45, 7) is 4.31. The molecule has 0 saturated carbocycles. The van der Waals surface area contributed by atoms with Crippen molar-refractivity contribution in [3.8, 4) is 5.75 Å². The van der Waals surface area contributed by atoms with Crippen molar-refractivity contribution < 1.29 is 9.53 Å². The number of benzene rings is 1. The molecule has 1 aromatic heterocycles. The molecule has 0 fully saturated rings. The molecule has 0 unspecified atom stereocenters. The predicted molar refractivity (Wildman–Crippen MR) is 78.6 cm³/mol. The molecule has 0 radical (unpaired) electrons. The van der Waals surface area contributed by atoms with E-state index in [1.807, 2.05) is 26.0 Å². The minimum Gasteiger partial charge on any atom is -0.494 e. The van der Waals surface area contributed by atoms with Crippen molar-refractivity contribution in [1.29, 1.82) is 0 Å². The van der Waals surface area contributed by atoms with E-state index in [9.17, 15) is 4.79 Å². The third kappa shape index (κ3) is 3.02. The summed E-state index contributed by atoms with van der Waals surface area (Å²) < 4.78 is 7.06. The quantitative estimate of drug-likeness (QED) is 0.795. The molecule has 2 rings (SSSR count). The number of hydrogen-bond donors (Lipinski definition) is 0. The van der Waals surface area contributed by atoms with E-state index in [4.69, 9.17) is 16.3 Å². The van der Waals surface area contributed by atoms with E-state index in [0.29, 0.717) is 22.9 Å². The van der Waals surface area contributed by atoms with E-state index in [0.717, 1.165) is 11.4 Å². The van der Waals surface area contributed by atoms with Crippen LogP contribution in [0.3, 0.4) is 0 Å². The number of rotatable bonds is 5. The first-order valence-corrected chi connectivity index (χ1v) is 6.84. The topological polar surface area (TPSA) is 44.1 Å². The minimum atomic E-state index is -0.00328. The lowest BCUT2D eigenvalue weighted by molar-refractivity contribution is 0.0990. The first-order chi connectivity index (χ1) is 9.52. The number of nitrogens with zero attached hydrogens (tertiary/aromatic N) is 2. The van der Waals surface area contributed by atoms with Crippen LogP contribution in [0.15, 0.2) is 24.3 Å². The van der Waals surface area contributed by atoms with Gasteiger partial charge in [-0.2, -0.15) is 5.10 Å². The van der Waals surface area contributed by atoms with E-state index in [-0.39, 0.29) is 12.2 Å². The Hall–Kier alpha value is -1.81. The Morgan fingerprint density at radius 3 is 2.80 bits per heavy atom. The maximum atomic E-state index is 12.3. The maximum absolute atomic E-state index is 12.3. The van der Waals surface area contributed by atoms with Gasteiger partial charge in [0.25, 0.3) is 0 Å². The van der Waals surface area contributed by atoms with Gasteiger partial charge in [-0.1, -0.05) is 23.7 Å². The molecule has 1 heterocycles. The van der Waals surface area contributed by atoms with E-state index in [1.165, 1.54) is 0 Å². The van der Waals surface area contributed by atoms with Crippen LogP contribution < -0.4 is 4.74 Å². The van der Waals surface area contributed by atoms with Crippen molar-refractivity contribution in [3.63, 3.8) is 0 Å². The molecule has 0 aliphatic heterocycles. The Morgan fingerprint density at radius 2 is 2.20 bits per heavy atom. The molecular weight excluding hydrogens is 276 g/mol. The molecule has 0 N–H and O–H groups in total. The molecule has 0 saturated heterocycles. The first kappa shape index (κ1) is 14.6. The smallest absolute Gasteiger partial charge is 0.168 e. The lowest BCUT2D eigenvalue weighted by Gasteiger charge is -2.06. The van der Waals surface area contributed by atoms with Crippen LogP contribution in [0.2, 0.25) is 5.02 Å². The number of ketones is 1. The standard InChI is InChI=1S/C15H17ClN2O2/c1-4-20-12-7-5-6-11(8-12)14(19)9-13-15(16)10(2)17-18(13)3/h5-8H,4,9H2,1-3H3. The van der Waals surface area contributed by atoms with Gasteiger partial charge in [0.15, 0.2) is 5.78 Å². The highest BCUT2D eigenvalue weighted by atomic mass is 35.5. The number of carbonyl (C=O) groups excluding carboxylic acids is 1. The summed E-state index contributed by atoms with van der Waals surface area (Å²) in [6, 6.07) is 7.18. The van der Waals surface area contributed by atoms with Crippen LogP contribution in [-0.2, 0) is 13.5 Å². The van der Waals surface area contributed by atoms with Crippen LogP contribution in [0.4, 0.5) is 0 Å². The maximum Gasteiger partial charge on any atom is 0.168 e. The van der Waals surface area contributed by atoms with E-state index in [1.54, 1.807) is 23.9 Å². The molecular formula is C15H17ClN2O2. The summed E-state index contributed by atoms with van der Waals surface area (Å²) in [4.78, 5) is 12.3. The van der Waals surface area contributed by atoms with E-state index < -0.39 is 0 Å². The molecule has 0 amide bonds. The zero-order valence-electron chi connectivity index (χ0n) is 11.8. The number of carbonyl (C=O) groups is 1. The fourth-order valence-corrected chi connectivity index (χ4v) is 2.28. The number of aryl methyl sites for hydroxylation is 2. The zero-order valence-corrected chi connectivity index (χ0v) is 12.6. The van der Waals surface area contributed by atoms with Crippen LogP contribution in [0.25, 0.3) is 0 Å². The Balaban J connectivity index is 2.21. The largest absolute Gasteiger partial charge is 0.494 e. The van der Waals surface area contributed by atoms with Gasteiger partial charge in [-0.25, -0.2) is 0 Å². The van der Waals surface area contributed by atoms with Gasteiger partial charge in [0, 0.05) is 12.6 Å². The highest BCUT2D eigenvalue weighted by molar-refractivity contribution is 6.32. The third-order valence-corrected chi connectivity index (χ3v) is 3.55. The van der Waals surface area contributed by atoms with Crippen molar-refractivity contribution in [3.05, 3.63) is 46.2 Å². The molecule has 2 aromatic rings. The van der Waals surface area contributed by atoms with Crippen LogP contribution in [0.1, 0.15) is 28.7 Å². The number of aromatic nitrogens is 2. The molecule has 106 valence electrons. The lowest BCUT2D eigenvalue weighted by Crippen LogP contribution is -2.08. The third-order valence-electron chi connectivity index (χ3n) is 3.06. The van der Waals surface area contributed by atoms with Crippen molar-refractivity contribution >= 4 is 17.4 Å². The monoisotopic (exact) mass is 292 g/mol. The lowest BCUT2D eigenvalue weighted by atomic mass is 10.1. The Labute approximate surface area is 123 Å². The van der Waals surface area contributed by atoms with Gasteiger partial charge in [-0.3, -0.25) is 9.48 Å². The number of ether oxygens (including phenoxy) is 1. The Morgan fingerprint density at radius 1 is 1.45 bits per heavy atom. The van der Waals surface area contributed by atoms with Gasteiger partial charge in [0.1, 0.15) is 5.75 Å². The number of halogens is 1. The van der Waals surface area contributed by atoms with Crippen LogP contribution in [0.5, 0.6) is 5.75 Å². The SMILES string of the molecule is CCOc1cccc(C(=O)Cc2c(Cl)c(C)nn2C)c1. The van der Waals surface area contributed by atoms with Gasteiger partial charge < -0.3 is 4.74 Å². The molecule has 0 atom stereocenters. The molecule has 0 bridgehead atoms. The number of hydrogen-bond acceptors (Lipinski definition) is 3. The van der Waals surface area contributed by atoms with E-state index in [2.05, 4.69) is 5.10 Å². The summed E-state index contributed by atoms with van der Waals surface area (Å²) in [7, 11) is 1.79. The normalized spacial score (nSPS) is 10.6. The molecule has 1 aromatic carbocycles. The fourth-order valence-electron chi connectivity index (χ4n) is 2.05. The number of Topliss-reactive ketones (excluding diaryl/α,β-unsaturated/α-hetero) is 1. The molecule has 5 heteroatoms. The minimum absolute atomic E-state index is 0.00328. The molecule has 0 aliphatic rings. The average molecular weight is 293 g/mol. The van der Waals surface area contributed by atoms with Gasteiger partial charge >= 0.3 is 0 Å². The van der Waals surface area contributed by atoms with Crippen LogP contribution >= 0.6 is 11.6 Å². The summed E-state index contributed by atoms with van der Waals surface area (Å²) >= 11 is 6.17. The second-order valence-electron chi connectivity index (χ2n) is 4.53.